The van der Waals surface area contributed by atoms with Crippen LogP contribution in [0, 0.1) is 0 Å². The summed E-state index contributed by atoms with van der Waals surface area (Å²) in [5, 5.41) is 7.12. The van der Waals surface area contributed by atoms with E-state index in [4.69, 9.17) is 19.4 Å². The van der Waals surface area contributed by atoms with Gasteiger partial charge < -0.3 is 8.98 Å². The smallest absolute Gasteiger partial charge is 0.164 e. The Morgan fingerprint density at radius 1 is 0.351 bits per heavy atom. The van der Waals surface area contributed by atoms with Crippen molar-refractivity contribution in [3.8, 4) is 51.0 Å². The molecule has 0 atom stereocenters. The number of aromatic nitrogens is 4. The minimum Gasteiger partial charge on any atom is -0.456 e. The van der Waals surface area contributed by atoms with Gasteiger partial charge in [-0.25, -0.2) is 15.0 Å². The van der Waals surface area contributed by atoms with Gasteiger partial charge in [-0.1, -0.05) is 115 Å². The van der Waals surface area contributed by atoms with Gasteiger partial charge in [0.1, 0.15) is 11.2 Å². The minimum absolute atomic E-state index is 0.656. The first kappa shape index (κ1) is 31.9. The number of thiophene rings is 1. The van der Waals surface area contributed by atoms with Crippen LogP contribution in [0.3, 0.4) is 0 Å². The Morgan fingerprint density at radius 3 is 1.61 bits per heavy atom. The SMILES string of the molecule is c1ccc(-c2nc(-c3ccccc3)nc(-c3ccc4sc5cc(-c6ccc7oc8cc(-n9c%10ccccc%10c%10ccccc%109)ccc8c7c6)ccc5c4c3)n2)cc1. The number of rotatable bonds is 5. The molecule has 57 heavy (non-hydrogen) atoms. The number of para-hydroxylation sites is 2. The molecule has 0 aliphatic carbocycles. The van der Waals surface area contributed by atoms with Crippen LogP contribution in [0.15, 0.2) is 186 Å². The number of fused-ring (bicyclic) bond motifs is 9. The highest BCUT2D eigenvalue weighted by atomic mass is 32.1. The second-order valence-electron chi connectivity index (χ2n) is 14.4. The highest BCUT2D eigenvalue weighted by Crippen LogP contribution is 2.40. The van der Waals surface area contributed by atoms with Crippen LogP contribution in [-0.2, 0) is 0 Å². The Kier molecular flexibility index (Phi) is 7.03. The highest BCUT2D eigenvalue weighted by Gasteiger charge is 2.17. The second kappa shape index (κ2) is 12.6. The van der Waals surface area contributed by atoms with Crippen LogP contribution in [0.25, 0.3) is 115 Å². The lowest BCUT2D eigenvalue weighted by Gasteiger charge is -2.08. The molecule has 0 aliphatic rings. The monoisotopic (exact) mass is 746 g/mol. The molecule has 266 valence electrons. The van der Waals surface area contributed by atoms with Crippen molar-refractivity contribution in [3.05, 3.63) is 182 Å². The molecule has 8 aromatic carbocycles. The molecule has 6 heteroatoms. The zero-order valence-corrected chi connectivity index (χ0v) is 31.2. The molecule has 0 radical (unpaired) electrons. The largest absolute Gasteiger partial charge is 0.456 e. The van der Waals surface area contributed by atoms with Gasteiger partial charge in [0, 0.05) is 70.2 Å². The van der Waals surface area contributed by atoms with Crippen LogP contribution in [0.2, 0.25) is 0 Å². The van der Waals surface area contributed by atoms with Crippen molar-refractivity contribution in [1.82, 2.24) is 19.5 Å². The van der Waals surface area contributed by atoms with Gasteiger partial charge in [-0.2, -0.15) is 0 Å². The van der Waals surface area contributed by atoms with Gasteiger partial charge in [0.15, 0.2) is 17.5 Å². The number of hydrogen-bond donors (Lipinski definition) is 0. The fraction of sp³-hybridized carbons (Fsp3) is 0. The maximum Gasteiger partial charge on any atom is 0.164 e. The van der Waals surface area contributed by atoms with E-state index in [0.29, 0.717) is 17.5 Å². The van der Waals surface area contributed by atoms with E-state index < -0.39 is 0 Å². The van der Waals surface area contributed by atoms with Gasteiger partial charge in [-0.3, -0.25) is 0 Å². The molecule has 0 spiro atoms. The summed E-state index contributed by atoms with van der Waals surface area (Å²) in [6.45, 7) is 0. The van der Waals surface area contributed by atoms with E-state index in [0.717, 1.165) is 49.9 Å². The molecular formula is C51H30N4OS. The van der Waals surface area contributed by atoms with Crippen molar-refractivity contribution in [2.45, 2.75) is 0 Å². The Balaban J connectivity index is 0.924. The summed E-state index contributed by atoms with van der Waals surface area (Å²) in [7, 11) is 0. The highest BCUT2D eigenvalue weighted by molar-refractivity contribution is 7.25. The van der Waals surface area contributed by atoms with Crippen molar-refractivity contribution >= 4 is 75.3 Å². The summed E-state index contributed by atoms with van der Waals surface area (Å²) in [6, 6.07) is 63.9. The van der Waals surface area contributed by atoms with Crippen LogP contribution in [-0.4, -0.2) is 19.5 Å². The molecule has 0 amide bonds. The Morgan fingerprint density at radius 2 is 0.912 bits per heavy atom. The first-order valence-electron chi connectivity index (χ1n) is 19.0. The van der Waals surface area contributed by atoms with Crippen LogP contribution in [0.5, 0.6) is 0 Å². The lowest BCUT2D eigenvalue weighted by atomic mass is 10.0. The van der Waals surface area contributed by atoms with Crippen molar-refractivity contribution < 1.29 is 4.42 Å². The van der Waals surface area contributed by atoms with Gasteiger partial charge >= 0.3 is 0 Å². The van der Waals surface area contributed by atoms with E-state index >= 15 is 0 Å². The predicted octanol–water partition coefficient (Wildman–Crippen LogP) is 13.9. The summed E-state index contributed by atoms with van der Waals surface area (Å²) < 4.78 is 11.3. The molecule has 0 fully saturated rings. The van der Waals surface area contributed by atoms with E-state index in [1.54, 1.807) is 0 Å². The lowest BCUT2D eigenvalue weighted by molar-refractivity contribution is 0.668. The number of hydrogen-bond acceptors (Lipinski definition) is 5. The normalized spacial score (nSPS) is 11.9. The number of furan rings is 1. The standard InChI is InChI=1S/C51H30N4OS/c1-3-11-31(12-4-1)49-52-50(32-13-5-2-6-14-32)54-51(53-49)35-21-26-47-42(28-35)40-23-19-34(29-48(40)57-47)33-20-25-45-41(27-33)39-24-22-36(30-46(39)56-45)55-43-17-9-7-15-37(43)38-16-8-10-18-44(38)55/h1-30H. The molecular weight excluding hydrogens is 717 g/mol. The van der Waals surface area contributed by atoms with Gasteiger partial charge in [0.05, 0.1) is 11.0 Å². The first-order chi connectivity index (χ1) is 28.2. The van der Waals surface area contributed by atoms with Crippen molar-refractivity contribution in [2.24, 2.45) is 0 Å². The van der Waals surface area contributed by atoms with Gasteiger partial charge in [-0.05, 0) is 71.8 Å². The minimum atomic E-state index is 0.656. The molecule has 0 bridgehead atoms. The van der Waals surface area contributed by atoms with Crippen LogP contribution in [0.1, 0.15) is 0 Å². The summed E-state index contributed by atoms with van der Waals surface area (Å²) in [4.78, 5) is 14.8. The van der Waals surface area contributed by atoms with Crippen LogP contribution in [0.4, 0.5) is 0 Å². The molecule has 12 rings (SSSR count). The van der Waals surface area contributed by atoms with Crippen LogP contribution < -0.4 is 0 Å². The third-order valence-electron chi connectivity index (χ3n) is 11.1. The van der Waals surface area contributed by atoms with Gasteiger partial charge in [-0.15, -0.1) is 11.3 Å². The Labute approximate surface area is 330 Å². The van der Waals surface area contributed by atoms with Crippen molar-refractivity contribution in [1.29, 1.82) is 0 Å². The molecule has 0 N–H and O–H groups in total. The molecule has 0 saturated heterocycles. The maximum atomic E-state index is 6.50. The zero-order chi connectivity index (χ0) is 37.5. The zero-order valence-electron chi connectivity index (χ0n) is 30.4. The Hall–Kier alpha value is -7.41. The van der Waals surface area contributed by atoms with E-state index in [1.807, 2.05) is 72.0 Å². The number of benzene rings is 8. The predicted molar refractivity (Wildman–Crippen MR) is 236 cm³/mol. The van der Waals surface area contributed by atoms with E-state index in [1.165, 1.54) is 47.5 Å². The van der Waals surface area contributed by atoms with Crippen molar-refractivity contribution in [3.63, 3.8) is 0 Å². The summed E-state index contributed by atoms with van der Waals surface area (Å²) in [6.07, 6.45) is 0. The molecule has 4 heterocycles. The van der Waals surface area contributed by atoms with E-state index in [-0.39, 0.29) is 0 Å². The van der Waals surface area contributed by atoms with E-state index in [9.17, 15) is 0 Å². The first-order valence-corrected chi connectivity index (χ1v) is 19.8. The molecule has 12 aromatic rings. The maximum absolute atomic E-state index is 6.50. The van der Waals surface area contributed by atoms with Crippen LogP contribution >= 0.6 is 11.3 Å². The second-order valence-corrected chi connectivity index (χ2v) is 15.5. The van der Waals surface area contributed by atoms with Gasteiger partial charge in [0.2, 0.25) is 0 Å². The molecule has 0 aliphatic heterocycles. The average molecular weight is 747 g/mol. The summed E-state index contributed by atoms with van der Waals surface area (Å²) >= 11 is 1.81. The van der Waals surface area contributed by atoms with E-state index in [2.05, 4.69) is 126 Å². The fourth-order valence-corrected chi connectivity index (χ4v) is 9.44. The van der Waals surface area contributed by atoms with Crippen molar-refractivity contribution in [2.75, 3.05) is 0 Å². The molecule has 0 saturated carbocycles. The third kappa shape index (κ3) is 5.19. The summed E-state index contributed by atoms with van der Waals surface area (Å²) in [5.74, 6) is 1.97. The molecule has 0 unspecified atom stereocenters. The number of nitrogens with zero attached hydrogens (tertiary/aromatic N) is 4. The summed E-state index contributed by atoms with van der Waals surface area (Å²) in [5.41, 5.74) is 10.4. The topological polar surface area (TPSA) is 56.7 Å². The Bertz CT molecular complexity index is 3420. The average Bonchev–Trinajstić information content (AvgIpc) is 3.95. The third-order valence-corrected chi connectivity index (χ3v) is 12.2. The molecule has 4 aromatic heterocycles. The molecule has 5 nitrogen and oxygen atoms in total. The van der Waals surface area contributed by atoms with Gasteiger partial charge in [0.25, 0.3) is 0 Å². The fourth-order valence-electron chi connectivity index (χ4n) is 8.32. The quantitative estimate of drug-likeness (QED) is 0.176. The lowest BCUT2D eigenvalue weighted by Crippen LogP contribution is -2.00.